The molecular weight excluding hydrogens is 660 g/mol. The van der Waals surface area contributed by atoms with E-state index < -0.39 is 96.6 Å². The second-order valence-electron chi connectivity index (χ2n) is 12.1. The maximum absolute atomic E-state index is 13.3. The summed E-state index contributed by atoms with van der Waals surface area (Å²) in [6.45, 7) is 5.08. The average molecular weight is 711 g/mol. The van der Waals surface area contributed by atoms with E-state index in [1.54, 1.807) is 13.8 Å². The number of hydrogen-bond acceptors (Lipinski definition) is 11. The molecule has 1 aromatic heterocycles. The molecule has 0 saturated carbocycles. The number of carbonyl (C=O) groups is 8. The molecule has 0 unspecified atom stereocenters. The van der Waals surface area contributed by atoms with Gasteiger partial charge in [0, 0.05) is 24.7 Å². The zero-order valence-corrected chi connectivity index (χ0v) is 28.6. The summed E-state index contributed by atoms with van der Waals surface area (Å²) in [6, 6.07) is -6.56. The van der Waals surface area contributed by atoms with Crippen LogP contribution in [-0.4, -0.2) is 117 Å². The van der Waals surface area contributed by atoms with E-state index in [1.165, 1.54) is 12.5 Å². The summed E-state index contributed by atoms with van der Waals surface area (Å²) in [5, 5.41) is 33.7. The smallest absolute Gasteiger partial charge is 0.326 e. The molecule has 0 fully saturated rings. The van der Waals surface area contributed by atoms with Crippen molar-refractivity contribution in [2.75, 3.05) is 19.7 Å². The van der Waals surface area contributed by atoms with E-state index in [-0.39, 0.29) is 38.1 Å². The van der Waals surface area contributed by atoms with Gasteiger partial charge in [0.2, 0.25) is 41.4 Å². The molecule has 7 amide bonds. The third-order valence-corrected chi connectivity index (χ3v) is 7.50. The van der Waals surface area contributed by atoms with Crippen LogP contribution in [0.4, 0.5) is 0 Å². The molecule has 13 N–H and O–H groups in total. The van der Waals surface area contributed by atoms with Crippen LogP contribution in [0.25, 0.3) is 0 Å². The fourth-order valence-electron chi connectivity index (χ4n) is 4.54. The average Bonchev–Trinajstić information content (AvgIpc) is 3.58. The molecule has 0 bridgehead atoms. The third kappa shape index (κ3) is 15.4. The maximum Gasteiger partial charge on any atom is 0.326 e. The van der Waals surface area contributed by atoms with Crippen LogP contribution in [0.3, 0.4) is 0 Å². The number of carbonyl (C=O) groups excluding carboxylic acids is 7. The predicted molar refractivity (Wildman–Crippen MR) is 176 cm³/mol. The highest BCUT2D eigenvalue weighted by Gasteiger charge is 2.32. The van der Waals surface area contributed by atoms with Gasteiger partial charge in [-0.2, -0.15) is 0 Å². The van der Waals surface area contributed by atoms with Crippen LogP contribution in [0.1, 0.15) is 59.1 Å². The number of aliphatic hydroxyl groups excluding tert-OH is 1. The largest absolute Gasteiger partial charge is 0.480 e. The molecule has 280 valence electrons. The number of aromatic nitrogens is 2. The van der Waals surface area contributed by atoms with Crippen LogP contribution < -0.4 is 43.4 Å². The Bertz CT molecular complexity index is 1320. The van der Waals surface area contributed by atoms with Crippen LogP contribution in [-0.2, 0) is 44.8 Å². The molecule has 0 aliphatic rings. The molecule has 0 aliphatic heterocycles. The highest BCUT2D eigenvalue weighted by Crippen LogP contribution is 2.10. The maximum atomic E-state index is 13.3. The normalized spacial score (nSPS) is 14.5. The van der Waals surface area contributed by atoms with Crippen molar-refractivity contribution in [1.29, 1.82) is 0 Å². The van der Waals surface area contributed by atoms with E-state index in [0.717, 1.165) is 0 Å². The molecule has 1 rings (SSSR count). The Morgan fingerprint density at radius 3 is 1.98 bits per heavy atom. The molecule has 1 aromatic rings. The van der Waals surface area contributed by atoms with E-state index in [4.69, 9.17) is 11.5 Å². The quantitative estimate of drug-likeness (QED) is 0.0516. The van der Waals surface area contributed by atoms with Gasteiger partial charge in [0.15, 0.2) is 0 Å². The Morgan fingerprint density at radius 1 is 0.840 bits per heavy atom. The van der Waals surface area contributed by atoms with E-state index >= 15 is 0 Å². The fourth-order valence-corrected chi connectivity index (χ4v) is 4.54. The lowest BCUT2D eigenvalue weighted by Gasteiger charge is -2.26. The number of aliphatic carboxylic acids is 1. The highest BCUT2D eigenvalue weighted by molar-refractivity contribution is 5.96. The van der Waals surface area contributed by atoms with Crippen LogP contribution in [0, 0.1) is 11.8 Å². The topological polar surface area (TPSA) is 330 Å². The Labute approximate surface area is 289 Å². The van der Waals surface area contributed by atoms with E-state index in [0.29, 0.717) is 12.1 Å². The summed E-state index contributed by atoms with van der Waals surface area (Å²) in [4.78, 5) is 106. The molecule has 0 radical (unpaired) electrons. The van der Waals surface area contributed by atoms with Gasteiger partial charge >= 0.3 is 5.97 Å². The van der Waals surface area contributed by atoms with Crippen LogP contribution in [0.2, 0.25) is 0 Å². The molecular formula is C30H50N10O10. The number of nitrogens with one attached hydrogen (secondary N) is 7. The van der Waals surface area contributed by atoms with Crippen molar-refractivity contribution in [2.24, 2.45) is 23.3 Å². The Morgan fingerprint density at radius 2 is 1.46 bits per heavy atom. The van der Waals surface area contributed by atoms with Crippen LogP contribution in [0.15, 0.2) is 12.5 Å². The molecule has 0 saturated heterocycles. The molecule has 20 heteroatoms. The zero-order chi connectivity index (χ0) is 38.0. The lowest BCUT2D eigenvalue weighted by Crippen LogP contribution is -2.59. The van der Waals surface area contributed by atoms with Gasteiger partial charge in [-0.1, -0.05) is 34.1 Å². The SMILES string of the molecule is CC[C@H](C)[C@H](NC(=O)CNC(=O)[C@H](CO)NC(=O)[C@H](Cc1cnc[nH]1)NC(=O)[C@H](CC(C)C)NC(=O)CN)C(=O)N[C@@H](CCC(N)=O)C(=O)O. The Balaban J connectivity index is 2.98. The first-order valence-corrected chi connectivity index (χ1v) is 16.1. The van der Waals surface area contributed by atoms with Crippen LogP contribution >= 0.6 is 0 Å². The minimum atomic E-state index is -1.57. The summed E-state index contributed by atoms with van der Waals surface area (Å²) in [5.41, 5.74) is 10.9. The number of aromatic amines is 1. The summed E-state index contributed by atoms with van der Waals surface area (Å²) in [5.74, 6) is -7.46. The van der Waals surface area contributed by atoms with Gasteiger partial charge in [0.05, 0.1) is 26.0 Å². The molecule has 6 atom stereocenters. The molecule has 1 heterocycles. The number of carboxylic acid groups (broad SMARTS) is 1. The molecule has 20 nitrogen and oxygen atoms in total. The summed E-state index contributed by atoms with van der Waals surface area (Å²) < 4.78 is 0. The van der Waals surface area contributed by atoms with Gasteiger partial charge in [-0.05, 0) is 24.7 Å². The second kappa shape index (κ2) is 21.8. The van der Waals surface area contributed by atoms with Gasteiger partial charge in [-0.25, -0.2) is 9.78 Å². The number of rotatable bonds is 23. The van der Waals surface area contributed by atoms with Crippen LogP contribution in [0.5, 0.6) is 0 Å². The molecule has 0 spiro atoms. The monoisotopic (exact) mass is 710 g/mol. The fraction of sp³-hybridized carbons (Fsp3) is 0.633. The number of primary amides is 1. The van der Waals surface area contributed by atoms with Gasteiger partial charge in [-0.15, -0.1) is 0 Å². The number of carboxylic acids is 1. The zero-order valence-electron chi connectivity index (χ0n) is 28.6. The van der Waals surface area contributed by atoms with Crippen molar-refractivity contribution >= 4 is 47.3 Å². The lowest BCUT2D eigenvalue weighted by molar-refractivity contribution is -0.143. The first kappa shape index (κ1) is 42.9. The first-order chi connectivity index (χ1) is 23.5. The second-order valence-corrected chi connectivity index (χ2v) is 12.1. The molecule has 0 aliphatic carbocycles. The van der Waals surface area contributed by atoms with Crippen molar-refractivity contribution in [3.63, 3.8) is 0 Å². The predicted octanol–water partition coefficient (Wildman–Crippen LogP) is -4.11. The number of hydrogen-bond donors (Lipinski definition) is 11. The van der Waals surface area contributed by atoms with Gasteiger partial charge in [0.25, 0.3) is 0 Å². The number of nitrogens with two attached hydrogens (primary N) is 2. The van der Waals surface area contributed by atoms with Gasteiger partial charge < -0.3 is 58.6 Å². The van der Waals surface area contributed by atoms with E-state index in [2.05, 4.69) is 41.9 Å². The van der Waals surface area contributed by atoms with Gasteiger partial charge in [0.1, 0.15) is 30.2 Å². The third-order valence-electron chi connectivity index (χ3n) is 7.50. The summed E-state index contributed by atoms with van der Waals surface area (Å²) >= 11 is 0. The highest BCUT2D eigenvalue weighted by atomic mass is 16.4. The number of aliphatic hydroxyl groups is 1. The number of amides is 7. The standard InChI is InChI=1S/C30H50N10O10/c1-5-16(4)25(29(48)37-18(30(49)50)6-7-22(32)42)40-24(44)12-34-26(45)21(13-41)39-28(47)20(9-17-11-33-14-35-17)38-27(46)19(8-15(2)3)36-23(43)10-31/h11,14-16,18-21,25,41H,5-10,12-13,31H2,1-4H3,(H2,32,42)(H,33,35)(H,34,45)(H,36,43)(H,37,48)(H,38,46)(H,39,47)(H,40,44)(H,49,50)/t16-,18-,19-,20-,21-,25-/m0/s1. The van der Waals surface area contributed by atoms with Crippen molar-refractivity contribution in [2.45, 2.75) is 90.0 Å². The number of H-pyrrole nitrogens is 1. The Kier molecular flexibility index (Phi) is 18.7. The molecule has 0 aromatic carbocycles. The lowest BCUT2D eigenvalue weighted by atomic mass is 9.97. The van der Waals surface area contributed by atoms with Crippen molar-refractivity contribution < 1.29 is 48.6 Å². The minimum Gasteiger partial charge on any atom is -0.480 e. The summed E-state index contributed by atoms with van der Waals surface area (Å²) in [6.07, 6.45) is 2.73. The number of imidazole rings is 1. The first-order valence-electron chi connectivity index (χ1n) is 16.1. The number of nitrogens with zero attached hydrogens (tertiary/aromatic N) is 1. The molecule has 50 heavy (non-hydrogen) atoms. The van der Waals surface area contributed by atoms with Crippen molar-refractivity contribution in [3.05, 3.63) is 18.2 Å². The Hall–Kier alpha value is -5.11. The van der Waals surface area contributed by atoms with E-state index in [1.807, 2.05) is 13.8 Å². The summed E-state index contributed by atoms with van der Waals surface area (Å²) in [7, 11) is 0. The van der Waals surface area contributed by atoms with Crippen molar-refractivity contribution in [1.82, 2.24) is 41.9 Å². The van der Waals surface area contributed by atoms with E-state index in [9.17, 15) is 48.6 Å². The van der Waals surface area contributed by atoms with Gasteiger partial charge in [-0.3, -0.25) is 33.6 Å². The van der Waals surface area contributed by atoms with Crippen molar-refractivity contribution in [3.8, 4) is 0 Å². The minimum absolute atomic E-state index is 0.0202.